The summed E-state index contributed by atoms with van der Waals surface area (Å²) in [5, 5.41) is 11.6. The third-order valence-electron chi connectivity index (χ3n) is 8.65. The van der Waals surface area contributed by atoms with Crippen LogP contribution in [0.4, 0.5) is 0 Å². The average molecular weight is 668 g/mol. The van der Waals surface area contributed by atoms with Crippen molar-refractivity contribution in [2.75, 3.05) is 41.0 Å². The summed E-state index contributed by atoms with van der Waals surface area (Å²) in [6, 6.07) is -0.721. The standard InChI is InChI=1S/C39H73NO7/c1-6-8-10-12-14-16-18-20-21-23-25-27-29-37(41)46-34-35(33-45-32-31-36(39(43)44)40(3,4)5)47-38(42)30-28-26-24-22-19-17-15-13-11-9-7-2/h13,15,35-36H,6-12,14,16-34H2,1-5H3/b15-13-. The molecule has 0 fully saturated rings. The lowest BCUT2D eigenvalue weighted by Gasteiger charge is -2.34. The van der Waals surface area contributed by atoms with E-state index in [4.69, 9.17) is 14.2 Å². The van der Waals surface area contributed by atoms with Crippen LogP contribution in [0.5, 0.6) is 0 Å². The van der Waals surface area contributed by atoms with Crippen LogP contribution in [0.25, 0.3) is 0 Å². The molecule has 2 atom stereocenters. The topological polar surface area (TPSA) is 102 Å². The first-order valence-electron chi connectivity index (χ1n) is 19.2. The predicted octanol–water partition coefficient (Wildman–Crippen LogP) is 8.24. The Balaban J connectivity index is 4.42. The molecule has 0 aliphatic carbocycles. The molecule has 0 amide bonds. The number of hydrogen-bond donors (Lipinski definition) is 0. The Morgan fingerprint density at radius 2 is 1.09 bits per heavy atom. The van der Waals surface area contributed by atoms with Gasteiger partial charge in [-0.1, -0.05) is 129 Å². The molecule has 2 unspecified atom stereocenters. The number of esters is 2. The van der Waals surface area contributed by atoms with Crippen molar-refractivity contribution < 1.29 is 38.2 Å². The van der Waals surface area contributed by atoms with Gasteiger partial charge >= 0.3 is 11.9 Å². The molecule has 47 heavy (non-hydrogen) atoms. The van der Waals surface area contributed by atoms with Crippen LogP contribution in [-0.2, 0) is 28.6 Å². The van der Waals surface area contributed by atoms with Crippen molar-refractivity contribution in [2.24, 2.45) is 0 Å². The Bertz CT molecular complexity index is 793. The fourth-order valence-corrected chi connectivity index (χ4v) is 5.58. The summed E-state index contributed by atoms with van der Waals surface area (Å²) in [5.74, 6) is -1.74. The van der Waals surface area contributed by atoms with Gasteiger partial charge in [-0.2, -0.15) is 0 Å². The van der Waals surface area contributed by atoms with Gasteiger partial charge in [0.15, 0.2) is 6.10 Å². The van der Waals surface area contributed by atoms with E-state index in [1.807, 2.05) is 0 Å². The van der Waals surface area contributed by atoms with Crippen LogP contribution >= 0.6 is 0 Å². The number of carbonyl (C=O) groups excluding carboxylic acids is 3. The molecule has 0 bridgehead atoms. The number of carboxylic acid groups (broad SMARTS) is 1. The molecule has 0 radical (unpaired) electrons. The first-order valence-corrected chi connectivity index (χ1v) is 19.2. The van der Waals surface area contributed by atoms with Gasteiger partial charge in [-0.05, 0) is 32.1 Å². The van der Waals surface area contributed by atoms with Crippen molar-refractivity contribution in [3.8, 4) is 0 Å². The SMILES string of the molecule is CCCC/C=C\CCCCCCCC(=O)OC(COCCC(C(=O)[O-])[N+](C)(C)C)COC(=O)CCCCCCCCCCCCCC. The van der Waals surface area contributed by atoms with Crippen LogP contribution < -0.4 is 5.11 Å². The maximum absolute atomic E-state index is 12.6. The van der Waals surface area contributed by atoms with E-state index in [9.17, 15) is 19.5 Å². The summed E-state index contributed by atoms with van der Waals surface area (Å²) in [7, 11) is 5.39. The van der Waals surface area contributed by atoms with E-state index < -0.39 is 18.1 Å². The molecule has 0 N–H and O–H groups in total. The van der Waals surface area contributed by atoms with Gasteiger partial charge in [0.25, 0.3) is 0 Å². The van der Waals surface area contributed by atoms with Crippen LogP contribution in [0.3, 0.4) is 0 Å². The third kappa shape index (κ3) is 29.9. The molecule has 0 saturated carbocycles. The number of allylic oxidation sites excluding steroid dienone is 2. The van der Waals surface area contributed by atoms with E-state index in [0.29, 0.717) is 12.8 Å². The molecule has 276 valence electrons. The average Bonchev–Trinajstić information content (AvgIpc) is 3.01. The molecule has 8 heteroatoms. The first kappa shape index (κ1) is 45.1. The van der Waals surface area contributed by atoms with Gasteiger partial charge in [-0.15, -0.1) is 0 Å². The van der Waals surface area contributed by atoms with Crippen LogP contribution in [0.2, 0.25) is 0 Å². The predicted molar refractivity (Wildman–Crippen MR) is 190 cm³/mol. The number of likely N-dealkylation sites (N-methyl/N-ethyl adjacent to an activating group) is 1. The summed E-state index contributed by atoms with van der Waals surface area (Å²) in [5.41, 5.74) is 0. The van der Waals surface area contributed by atoms with Crippen molar-refractivity contribution in [1.29, 1.82) is 0 Å². The highest BCUT2D eigenvalue weighted by molar-refractivity contribution is 5.70. The Hall–Kier alpha value is -1.93. The number of unbranched alkanes of at least 4 members (excludes halogenated alkanes) is 18. The molecule has 0 aliphatic heterocycles. The van der Waals surface area contributed by atoms with Gasteiger partial charge in [0.2, 0.25) is 0 Å². The van der Waals surface area contributed by atoms with Gasteiger partial charge in [0.05, 0.1) is 40.3 Å². The van der Waals surface area contributed by atoms with Crippen molar-refractivity contribution >= 4 is 17.9 Å². The van der Waals surface area contributed by atoms with Crippen molar-refractivity contribution in [3.05, 3.63) is 12.2 Å². The summed E-state index contributed by atoms with van der Waals surface area (Å²) >= 11 is 0. The largest absolute Gasteiger partial charge is 0.544 e. The fraction of sp³-hybridized carbons (Fsp3) is 0.872. The molecule has 0 aromatic carbocycles. The first-order chi connectivity index (χ1) is 22.6. The van der Waals surface area contributed by atoms with E-state index in [1.54, 1.807) is 21.1 Å². The number of carbonyl (C=O) groups is 3. The summed E-state index contributed by atoms with van der Waals surface area (Å²) < 4.78 is 17.1. The van der Waals surface area contributed by atoms with E-state index >= 15 is 0 Å². The Labute approximate surface area is 289 Å². The monoisotopic (exact) mass is 668 g/mol. The molecule has 0 rings (SSSR count). The Kier molecular flexibility index (Phi) is 30.1. The highest BCUT2D eigenvalue weighted by atomic mass is 16.6. The van der Waals surface area contributed by atoms with Gasteiger partial charge in [0.1, 0.15) is 12.6 Å². The van der Waals surface area contributed by atoms with Crippen molar-refractivity contribution in [3.63, 3.8) is 0 Å². The molecule has 0 heterocycles. The normalized spacial score (nSPS) is 13.1. The van der Waals surface area contributed by atoms with Crippen molar-refractivity contribution in [1.82, 2.24) is 0 Å². The quantitative estimate of drug-likeness (QED) is 0.0295. The van der Waals surface area contributed by atoms with Gasteiger partial charge in [-0.3, -0.25) is 9.59 Å². The van der Waals surface area contributed by atoms with Crippen LogP contribution in [0.15, 0.2) is 12.2 Å². The summed E-state index contributed by atoms with van der Waals surface area (Å²) in [6.45, 7) is 4.60. The minimum atomic E-state index is -1.13. The number of carboxylic acids is 1. The van der Waals surface area contributed by atoms with E-state index in [0.717, 1.165) is 51.4 Å². The minimum Gasteiger partial charge on any atom is -0.544 e. The number of quaternary nitrogens is 1. The lowest BCUT2D eigenvalue weighted by molar-refractivity contribution is -0.889. The van der Waals surface area contributed by atoms with Crippen LogP contribution in [0.1, 0.15) is 168 Å². The van der Waals surface area contributed by atoms with E-state index in [2.05, 4.69) is 26.0 Å². The van der Waals surface area contributed by atoms with E-state index in [-0.39, 0.29) is 42.7 Å². The molecule has 0 aromatic heterocycles. The van der Waals surface area contributed by atoms with Gasteiger partial charge in [-0.25, -0.2) is 0 Å². The minimum absolute atomic E-state index is 0.0420. The third-order valence-corrected chi connectivity index (χ3v) is 8.65. The van der Waals surface area contributed by atoms with Gasteiger partial charge in [0, 0.05) is 19.3 Å². The number of rotatable bonds is 34. The second-order valence-corrected chi connectivity index (χ2v) is 14.2. The van der Waals surface area contributed by atoms with Crippen LogP contribution in [0, 0.1) is 0 Å². The highest BCUT2D eigenvalue weighted by Gasteiger charge is 2.25. The maximum Gasteiger partial charge on any atom is 0.306 e. The molecule has 0 spiro atoms. The highest BCUT2D eigenvalue weighted by Crippen LogP contribution is 2.14. The summed E-state index contributed by atoms with van der Waals surface area (Å²) in [4.78, 5) is 36.6. The smallest absolute Gasteiger partial charge is 0.306 e. The van der Waals surface area contributed by atoms with E-state index in [1.165, 1.54) is 83.5 Å². The molecular formula is C39H73NO7. The summed E-state index contributed by atoms with van der Waals surface area (Å²) in [6.07, 6.45) is 29.4. The fourth-order valence-electron chi connectivity index (χ4n) is 5.58. The zero-order chi connectivity index (χ0) is 35.0. The molecule has 0 aromatic rings. The maximum atomic E-state index is 12.6. The molecule has 0 aliphatic rings. The zero-order valence-electron chi connectivity index (χ0n) is 31.2. The number of nitrogens with zero attached hydrogens (tertiary/aromatic N) is 1. The van der Waals surface area contributed by atoms with Crippen molar-refractivity contribution in [2.45, 2.75) is 180 Å². The second-order valence-electron chi connectivity index (χ2n) is 14.2. The molecular weight excluding hydrogens is 594 g/mol. The second kappa shape index (κ2) is 31.3. The Morgan fingerprint density at radius 3 is 1.60 bits per heavy atom. The lowest BCUT2D eigenvalue weighted by atomic mass is 10.0. The molecule has 0 saturated heterocycles. The molecule has 8 nitrogen and oxygen atoms in total. The number of hydrogen-bond acceptors (Lipinski definition) is 7. The lowest BCUT2D eigenvalue weighted by Crippen LogP contribution is -2.55. The number of ether oxygens (including phenoxy) is 3. The van der Waals surface area contributed by atoms with Gasteiger partial charge < -0.3 is 28.6 Å². The Morgan fingerprint density at radius 1 is 0.617 bits per heavy atom. The number of aliphatic carboxylic acids is 1. The zero-order valence-corrected chi connectivity index (χ0v) is 31.2. The van der Waals surface area contributed by atoms with Crippen LogP contribution in [-0.4, -0.2) is 75.5 Å².